The summed E-state index contributed by atoms with van der Waals surface area (Å²) in [6, 6.07) is 0. The van der Waals surface area contributed by atoms with E-state index in [-0.39, 0.29) is 23.7 Å². The zero-order valence-electron chi connectivity index (χ0n) is 13.0. The Hall–Kier alpha value is -1.72. The second-order valence-corrected chi connectivity index (χ2v) is 6.88. The number of ketones is 1. The molecule has 2 fully saturated rings. The first-order chi connectivity index (χ1) is 9.79. The predicted molar refractivity (Wildman–Crippen MR) is 74.1 cm³/mol. The van der Waals surface area contributed by atoms with Crippen molar-refractivity contribution < 1.29 is 14.1 Å². The zero-order chi connectivity index (χ0) is 15.4. The monoisotopic (exact) mass is 291 g/mol. The molecule has 0 spiro atoms. The number of hydrogen-bond donors (Lipinski definition) is 0. The average molecular weight is 291 g/mol. The molecule has 3 rings (SSSR count). The predicted octanol–water partition coefficient (Wildman–Crippen LogP) is 1.73. The summed E-state index contributed by atoms with van der Waals surface area (Å²) in [6.45, 7) is 6.09. The summed E-state index contributed by atoms with van der Waals surface area (Å²) in [7, 11) is 1.71. The van der Waals surface area contributed by atoms with Crippen LogP contribution in [0.3, 0.4) is 0 Å². The lowest BCUT2D eigenvalue weighted by Gasteiger charge is -2.37. The Morgan fingerprint density at radius 2 is 2.19 bits per heavy atom. The molecular formula is C15H21N3O3. The second-order valence-electron chi connectivity index (χ2n) is 6.88. The topological polar surface area (TPSA) is 76.3 Å². The van der Waals surface area contributed by atoms with Gasteiger partial charge in [0.1, 0.15) is 11.2 Å². The largest absolute Gasteiger partial charge is 0.340 e. The summed E-state index contributed by atoms with van der Waals surface area (Å²) in [4.78, 5) is 31.1. The first kappa shape index (κ1) is 14.2. The number of amides is 1. The van der Waals surface area contributed by atoms with Gasteiger partial charge in [-0.3, -0.25) is 9.59 Å². The standard InChI is InChI=1S/C15H21N3O3/c1-9-16-12(17-21-9)8-18(4)13(20)15-6-5-10(7-11(15)19)14(15,2)3/h10H,5-8H2,1-4H3. The number of carbonyl (C=O) groups is 2. The minimum atomic E-state index is -0.856. The number of aryl methyl sites for hydroxylation is 1. The highest BCUT2D eigenvalue weighted by molar-refractivity contribution is 6.09. The molecule has 0 N–H and O–H groups in total. The minimum absolute atomic E-state index is 0.0973. The molecule has 6 heteroatoms. The van der Waals surface area contributed by atoms with E-state index in [0.717, 1.165) is 6.42 Å². The first-order valence-electron chi connectivity index (χ1n) is 7.37. The summed E-state index contributed by atoms with van der Waals surface area (Å²) in [5, 5.41) is 3.81. The number of hydrogen-bond acceptors (Lipinski definition) is 5. The molecule has 21 heavy (non-hydrogen) atoms. The fourth-order valence-corrected chi connectivity index (χ4v) is 4.19. The van der Waals surface area contributed by atoms with E-state index < -0.39 is 5.41 Å². The SMILES string of the molecule is Cc1nc(CN(C)C(=O)C23CCC(CC2=O)C3(C)C)no1. The van der Waals surface area contributed by atoms with Gasteiger partial charge in [0, 0.05) is 20.4 Å². The number of Topliss-reactive ketones (excluding diaryl/α,β-unsaturated/α-hetero) is 1. The van der Waals surface area contributed by atoms with Gasteiger partial charge in [-0.2, -0.15) is 4.98 Å². The van der Waals surface area contributed by atoms with Crippen molar-refractivity contribution in [2.24, 2.45) is 16.7 Å². The molecule has 0 aromatic carbocycles. The summed E-state index contributed by atoms with van der Waals surface area (Å²) in [6.07, 6.45) is 2.16. The van der Waals surface area contributed by atoms with Gasteiger partial charge in [-0.1, -0.05) is 19.0 Å². The van der Waals surface area contributed by atoms with Crippen molar-refractivity contribution in [3.8, 4) is 0 Å². The van der Waals surface area contributed by atoms with Gasteiger partial charge in [0.05, 0.1) is 6.54 Å². The van der Waals surface area contributed by atoms with Gasteiger partial charge >= 0.3 is 0 Å². The van der Waals surface area contributed by atoms with E-state index in [1.807, 2.05) is 0 Å². The van der Waals surface area contributed by atoms with Gasteiger partial charge < -0.3 is 9.42 Å². The van der Waals surface area contributed by atoms with E-state index in [4.69, 9.17) is 4.52 Å². The number of nitrogens with zero attached hydrogens (tertiary/aromatic N) is 3. The summed E-state index contributed by atoms with van der Waals surface area (Å²) in [5.74, 6) is 1.28. The van der Waals surface area contributed by atoms with E-state index in [9.17, 15) is 9.59 Å². The van der Waals surface area contributed by atoms with Crippen molar-refractivity contribution in [2.45, 2.75) is 46.6 Å². The van der Waals surface area contributed by atoms with Crippen LogP contribution in [0.25, 0.3) is 0 Å². The second kappa shape index (κ2) is 4.39. The quantitative estimate of drug-likeness (QED) is 0.793. The van der Waals surface area contributed by atoms with Crippen molar-refractivity contribution in [1.29, 1.82) is 0 Å². The normalized spacial score (nSPS) is 29.9. The van der Waals surface area contributed by atoms with Crippen molar-refractivity contribution >= 4 is 11.7 Å². The lowest BCUT2D eigenvalue weighted by atomic mass is 9.68. The zero-order valence-corrected chi connectivity index (χ0v) is 13.0. The molecule has 0 saturated heterocycles. The molecule has 1 heterocycles. The van der Waals surface area contributed by atoms with Crippen LogP contribution in [0.1, 0.15) is 44.8 Å². The van der Waals surface area contributed by atoms with Crippen molar-refractivity contribution in [3.05, 3.63) is 11.7 Å². The molecule has 2 unspecified atom stereocenters. The van der Waals surface area contributed by atoms with Crippen LogP contribution in [-0.2, 0) is 16.1 Å². The highest BCUT2D eigenvalue weighted by atomic mass is 16.5. The number of rotatable bonds is 3. The van der Waals surface area contributed by atoms with Crippen molar-refractivity contribution in [1.82, 2.24) is 15.0 Å². The van der Waals surface area contributed by atoms with Gasteiger partial charge in [0.15, 0.2) is 5.82 Å². The van der Waals surface area contributed by atoms with Crippen LogP contribution in [0, 0.1) is 23.7 Å². The molecule has 1 aromatic heterocycles. The Bertz CT molecular complexity index is 607. The first-order valence-corrected chi connectivity index (χ1v) is 7.37. The lowest BCUT2D eigenvalue weighted by molar-refractivity contribution is -0.152. The molecule has 2 aliphatic carbocycles. The van der Waals surface area contributed by atoms with Gasteiger partial charge in [-0.15, -0.1) is 0 Å². The fraction of sp³-hybridized carbons (Fsp3) is 0.733. The molecule has 2 aliphatic rings. The van der Waals surface area contributed by atoms with E-state index in [2.05, 4.69) is 24.0 Å². The maximum absolute atomic E-state index is 13.0. The molecule has 0 aliphatic heterocycles. The molecule has 2 saturated carbocycles. The Morgan fingerprint density at radius 1 is 1.48 bits per heavy atom. The molecule has 1 amide bonds. The van der Waals surface area contributed by atoms with E-state index >= 15 is 0 Å². The molecule has 1 aromatic rings. The minimum Gasteiger partial charge on any atom is -0.340 e. The number of aromatic nitrogens is 2. The fourth-order valence-electron chi connectivity index (χ4n) is 4.19. The third kappa shape index (κ3) is 1.77. The molecule has 6 nitrogen and oxygen atoms in total. The number of carbonyl (C=O) groups excluding carboxylic acids is 2. The maximum atomic E-state index is 13.0. The van der Waals surface area contributed by atoms with Crippen molar-refractivity contribution in [2.75, 3.05) is 7.05 Å². The van der Waals surface area contributed by atoms with Crippen LogP contribution in [0.2, 0.25) is 0 Å². The summed E-state index contributed by atoms with van der Waals surface area (Å²) in [5.41, 5.74) is -1.12. The summed E-state index contributed by atoms with van der Waals surface area (Å²) < 4.78 is 4.93. The summed E-state index contributed by atoms with van der Waals surface area (Å²) >= 11 is 0. The Labute approximate surface area is 123 Å². The molecule has 2 bridgehead atoms. The highest BCUT2D eigenvalue weighted by Crippen LogP contribution is 2.64. The Kier molecular flexibility index (Phi) is 2.97. The molecule has 114 valence electrons. The van der Waals surface area contributed by atoms with E-state index in [1.165, 1.54) is 0 Å². The highest BCUT2D eigenvalue weighted by Gasteiger charge is 2.68. The van der Waals surface area contributed by atoms with E-state index in [0.29, 0.717) is 30.5 Å². The molecule has 0 radical (unpaired) electrons. The van der Waals surface area contributed by atoms with Crippen LogP contribution in [0.15, 0.2) is 4.52 Å². The lowest BCUT2D eigenvalue weighted by Crippen LogP contribution is -2.50. The van der Waals surface area contributed by atoms with Gasteiger partial charge in [-0.25, -0.2) is 0 Å². The van der Waals surface area contributed by atoms with Gasteiger partial charge in [-0.05, 0) is 24.2 Å². The third-order valence-electron chi connectivity index (χ3n) is 5.56. The van der Waals surface area contributed by atoms with Gasteiger partial charge in [0.2, 0.25) is 11.8 Å². The molecule has 2 atom stereocenters. The smallest absolute Gasteiger partial charge is 0.236 e. The molecular weight excluding hydrogens is 270 g/mol. The Balaban J connectivity index is 1.85. The van der Waals surface area contributed by atoms with E-state index in [1.54, 1.807) is 18.9 Å². The van der Waals surface area contributed by atoms with Crippen LogP contribution in [0.4, 0.5) is 0 Å². The average Bonchev–Trinajstić information content (AvgIpc) is 2.98. The Morgan fingerprint density at radius 3 is 2.67 bits per heavy atom. The third-order valence-corrected chi connectivity index (χ3v) is 5.56. The van der Waals surface area contributed by atoms with Crippen LogP contribution in [-0.4, -0.2) is 33.8 Å². The maximum Gasteiger partial charge on any atom is 0.236 e. The van der Waals surface area contributed by atoms with Gasteiger partial charge in [0.25, 0.3) is 0 Å². The van der Waals surface area contributed by atoms with Crippen LogP contribution in [0.5, 0.6) is 0 Å². The van der Waals surface area contributed by atoms with Crippen LogP contribution < -0.4 is 0 Å². The van der Waals surface area contributed by atoms with Crippen LogP contribution >= 0.6 is 0 Å². The number of fused-ring (bicyclic) bond motifs is 2. The van der Waals surface area contributed by atoms with Crippen molar-refractivity contribution in [3.63, 3.8) is 0 Å².